The maximum absolute atomic E-state index is 12.4. The Hall–Kier alpha value is -2.13. The van der Waals surface area contributed by atoms with E-state index in [4.69, 9.17) is 4.74 Å². The van der Waals surface area contributed by atoms with Gasteiger partial charge >= 0.3 is 0 Å². The Morgan fingerprint density at radius 2 is 2.12 bits per heavy atom. The molecule has 0 unspecified atom stereocenters. The molecule has 1 atom stereocenters. The van der Waals surface area contributed by atoms with Crippen molar-refractivity contribution >= 4 is 27.5 Å². The average molecular weight is 355 g/mol. The maximum Gasteiger partial charge on any atom is 0.246 e. The molecule has 1 aromatic carbocycles. The van der Waals surface area contributed by atoms with Gasteiger partial charge in [0.2, 0.25) is 21.8 Å². The first kappa shape index (κ1) is 18.2. The van der Waals surface area contributed by atoms with Gasteiger partial charge in [0.25, 0.3) is 0 Å². The van der Waals surface area contributed by atoms with Gasteiger partial charge in [-0.3, -0.25) is 9.59 Å². The zero-order valence-electron chi connectivity index (χ0n) is 13.8. The molecule has 132 valence electrons. The van der Waals surface area contributed by atoms with Gasteiger partial charge in [-0.2, -0.15) is 0 Å². The molecule has 2 amide bonds. The molecule has 0 spiro atoms. The number of amides is 2. The Bertz CT molecular complexity index is 745. The van der Waals surface area contributed by atoms with Crippen LogP contribution in [-0.2, 0) is 19.6 Å². The first-order chi connectivity index (χ1) is 11.3. The van der Waals surface area contributed by atoms with Crippen molar-refractivity contribution in [3.05, 3.63) is 18.2 Å². The van der Waals surface area contributed by atoms with Crippen molar-refractivity contribution in [1.82, 2.24) is 9.62 Å². The highest BCUT2D eigenvalue weighted by Crippen LogP contribution is 2.29. The van der Waals surface area contributed by atoms with Gasteiger partial charge in [-0.15, -0.1) is 0 Å². The number of hydrogen-bond donors (Lipinski definition) is 2. The van der Waals surface area contributed by atoms with Crippen molar-refractivity contribution in [3.63, 3.8) is 0 Å². The third-order valence-corrected chi connectivity index (χ3v) is 5.42. The molecule has 24 heavy (non-hydrogen) atoms. The lowest BCUT2D eigenvalue weighted by molar-refractivity contribution is -0.122. The normalized spacial score (nSPS) is 17.7. The molecule has 1 saturated heterocycles. The maximum atomic E-state index is 12.4. The van der Waals surface area contributed by atoms with Gasteiger partial charge in [0.05, 0.1) is 6.61 Å². The average Bonchev–Trinajstić information content (AvgIpc) is 2.95. The second kappa shape index (κ2) is 7.18. The Kier molecular flexibility index (Phi) is 5.45. The van der Waals surface area contributed by atoms with E-state index in [-0.39, 0.29) is 22.5 Å². The molecular weight excluding hydrogens is 334 g/mol. The van der Waals surface area contributed by atoms with E-state index in [0.29, 0.717) is 25.1 Å². The predicted molar refractivity (Wildman–Crippen MR) is 88.3 cm³/mol. The molecule has 0 radical (unpaired) electrons. The Balaban J connectivity index is 2.29. The molecule has 2 N–H and O–H groups in total. The third kappa shape index (κ3) is 3.85. The van der Waals surface area contributed by atoms with Gasteiger partial charge in [-0.1, -0.05) is 0 Å². The third-order valence-electron chi connectivity index (χ3n) is 3.58. The number of hydrogen-bond acceptors (Lipinski definition) is 5. The largest absolute Gasteiger partial charge is 0.492 e. The number of rotatable bonds is 6. The fraction of sp³-hybridized carbons (Fsp3) is 0.467. The van der Waals surface area contributed by atoms with E-state index in [9.17, 15) is 18.0 Å². The standard InChI is InChI=1S/C15H21N3O5S/c1-4-23-12-7-5-10(9-13(12)24(21,22)18(2)3)16-15(20)11-6-8-14(19)17-11/h5,7,9,11H,4,6,8H2,1-3H3,(H,16,20)(H,17,19)/t11-/m1/s1. The number of benzene rings is 1. The topological polar surface area (TPSA) is 105 Å². The molecule has 1 aliphatic heterocycles. The van der Waals surface area contributed by atoms with E-state index in [1.165, 1.54) is 26.2 Å². The van der Waals surface area contributed by atoms with Crippen molar-refractivity contribution in [1.29, 1.82) is 0 Å². The van der Waals surface area contributed by atoms with Crippen LogP contribution < -0.4 is 15.4 Å². The summed E-state index contributed by atoms with van der Waals surface area (Å²) < 4.78 is 31.3. The summed E-state index contributed by atoms with van der Waals surface area (Å²) in [7, 11) is -0.887. The number of nitrogens with one attached hydrogen (secondary N) is 2. The summed E-state index contributed by atoms with van der Waals surface area (Å²) in [5.74, 6) is -0.325. The number of carbonyl (C=O) groups is 2. The van der Waals surface area contributed by atoms with Gasteiger partial charge < -0.3 is 15.4 Å². The molecule has 1 fully saturated rings. The number of nitrogens with zero attached hydrogens (tertiary/aromatic N) is 1. The lowest BCUT2D eigenvalue weighted by atomic mass is 10.2. The first-order valence-corrected chi connectivity index (χ1v) is 8.99. The van der Waals surface area contributed by atoms with E-state index in [1.54, 1.807) is 13.0 Å². The van der Waals surface area contributed by atoms with Crippen LogP contribution in [0.15, 0.2) is 23.1 Å². The lowest BCUT2D eigenvalue weighted by Gasteiger charge is -2.17. The number of sulfonamides is 1. The molecule has 1 aromatic rings. The van der Waals surface area contributed by atoms with Crippen molar-refractivity contribution < 1.29 is 22.7 Å². The molecule has 0 saturated carbocycles. The molecule has 9 heteroatoms. The highest BCUT2D eigenvalue weighted by molar-refractivity contribution is 7.89. The summed E-state index contributed by atoms with van der Waals surface area (Å²) in [6.45, 7) is 2.07. The zero-order valence-corrected chi connectivity index (χ0v) is 14.6. The summed E-state index contributed by atoms with van der Waals surface area (Å²) in [6, 6.07) is 3.82. The fourth-order valence-electron chi connectivity index (χ4n) is 2.30. The Morgan fingerprint density at radius 3 is 2.67 bits per heavy atom. The molecule has 0 bridgehead atoms. The summed E-state index contributed by atoms with van der Waals surface area (Å²) in [5, 5.41) is 5.20. The van der Waals surface area contributed by atoms with Crippen LogP contribution in [0.5, 0.6) is 5.75 Å². The predicted octanol–water partition coefficient (Wildman–Crippen LogP) is 0.553. The van der Waals surface area contributed by atoms with Gasteiger partial charge in [0, 0.05) is 26.2 Å². The zero-order chi connectivity index (χ0) is 17.9. The van der Waals surface area contributed by atoms with Crippen LogP contribution >= 0.6 is 0 Å². The van der Waals surface area contributed by atoms with Crippen LogP contribution in [0.1, 0.15) is 19.8 Å². The highest BCUT2D eigenvalue weighted by Gasteiger charge is 2.28. The molecule has 1 heterocycles. The van der Waals surface area contributed by atoms with Gasteiger partial charge in [-0.25, -0.2) is 12.7 Å². The molecular formula is C15H21N3O5S. The van der Waals surface area contributed by atoms with Crippen LogP contribution in [0.3, 0.4) is 0 Å². The monoisotopic (exact) mass is 355 g/mol. The van der Waals surface area contributed by atoms with E-state index < -0.39 is 16.1 Å². The first-order valence-electron chi connectivity index (χ1n) is 7.55. The fourth-order valence-corrected chi connectivity index (χ4v) is 3.35. The van der Waals surface area contributed by atoms with Crippen molar-refractivity contribution in [2.24, 2.45) is 0 Å². The summed E-state index contributed by atoms with van der Waals surface area (Å²) in [6.07, 6.45) is 0.728. The molecule has 0 aromatic heterocycles. The quantitative estimate of drug-likeness (QED) is 0.775. The molecule has 0 aliphatic carbocycles. The second-order valence-electron chi connectivity index (χ2n) is 5.53. The Morgan fingerprint density at radius 1 is 1.42 bits per heavy atom. The van der Waals surface area contributed by atoms with Crippen LogP contribution in [0.25, 0.3) is 0 Å². The van der Waals surface area contributed by atoms with Crippen LogP contribution in [0, 0.1) is 0 Å². The van der Waals surface area contributed by atoms with Crippen molar-refractivity contribution in [2.45, 2.75) is 30.7 Å². The summed E-state index contributed by atoms with van der Waals surface area (Å²) >= 11 is 0. The minimum Gasteiger partial charge on any atom is -0.492 e. The van der Waals surface area contributed by atoms with Gasteiger partial charge in [-0.05, 0) is 31.5 Å². The van der Waals surface area contributed by atoms with E-state index in [0.717, 1.165) is 4.31 Å². The van der Waals surface area contributed by atoms with Crippen molar-refractivity contribution in [3.8, 4) is 5.75 Å². The van der Waals surface area contributed by atoms with Gasteiger partial charge in [0.15, 0.2) is 0 Å². The minimum absolute atomic E-state index is 0.0254. The van der Waals surface area contributed by atoms with E-state index >= 15 is 0 Å². The van der Waals surface area contributed by atoms with Crippen LogP contribution in [0.4, 0.5) is 5.69 Å². The molecule has 1 aliphatic rings. The van der Waals surface area contributed by atoms with Crippen LogP contribution in [0.2, 0.25) is 0 Å². The summed E-state index contributed by atoms with van der Waals surface area (Å²) in [5.41, 5.74) is 0.324. The second-order valence-corrected chi connectivity index (χ2v) is 7.65. The van der Waals surface area contributed by atoms with Crippen LogP contribution in [-0.4, -0.2) is 51.3 Å². The lowest BCUT2D eigenvalue weighted by Crippen LogP contribution is -2.37. The number of ether oxygens (including phenoxy) is 1. The highest BCUT2D eigenvalue weighted by atomic mass is 32.2. The van der Waals surface area contributed by atoms with Crippen molar-refractivity contribution in [2.75, 3.05) is 26.0 Å². The minimum atomic E-state index is -3.73. The Labute approximate surface area is 141 Å². The molecule has 8 nitrogen and oxygen atoms in total. The summed E-state index contributed by atoms with van der Waals surface area (Å²) in [4.78, 5) is 23.3. The number of carbonyl (C=O) groups excluding carboxylic acids is 2. The SMILES string of the molecule is CCOc1ccc(NC(=O)[C@H]2CCC(=O)N2)cc1S(=O)(=O)N(C)C. The molecule has 2 rings (SSSR count). The van der Waals surface area contributed by atoms with E-state index in [1.807, 2.05) is 0 Å². The number of anilines is 1. The van der Waals surface area contributed by atoms with Gasteiger partial charge in [0.1, 0.15) is 16.7 Å². The van der Waals surface area contributed by atoms with E-state index in [2.05, 4.69) is 10.6 Å². The smallest absolute Gasteiger partial charge is 0.246 e.